The second-order valence-electron chi connectivity index (χ2n) is 11.9. The Bertz CT molecular complexity index is 1060. The van der Waals surface area contributed by atoms with E-state index in [0.717, 1.165) is 74.8 Å². The van der Waals surface area contributed by atoms with Gasteiger partial charge in [0.25, 0.3) is 0 Å². The summed E-state index contributed by atoms with van der Waals surface area (Å²) < 4.78 is 11.8. The van der Waals surface area contributed by atoms with Gasteiger partial charge in [-0.05, 0) is 41.8 Å². The topological polar surface area (TPSA) is 71.0 Å². The molecule has 37 heavy (non-hydrogen) atoms. The predicted octanol–water partition coefficient (Wildman–Crippen LogP) is 4.69. The van der Waals surface area contributed by atoms with Crippen LogP contribution in [0, 0.1) is 10.8 Å². The maximum absolute atomic E-state index is 12.0. The molecule has 0 unspecified atom stereocenters. The number of thiophene rings is 1. The number of anilines is 1. The number of hydrogen-bond donors (Lipinski definition) is 0. The van der Waals surface area contributed by atoms with E-state index in [9.17, 15) is 4.79 Å². The maximum Gasteiger partial charge on any atom is 0.306 e. The molecule has 2 aliphatic heterocycles. The van der Waals surface area contributed by atoms with E-state index in [4.69, 9.17) is 21.1 Å². The van der Waals surface area contributed by atoms with Gasteiger partial charge in [0.1, 0.15) is 0 Å². The zero-order valence-corrected chi connectivity index (χ0v) is 24.6. The average Bonchev–Trinajstić information content (AvgIpc) is 3.21. The Balaban J connectivity index is 1.31. The van der Waals surface area contributed by atoms with Crippen molar-refractivity contribution in [2.75, 3.05) is 70.5 Å². The molecule has 4 heterocycles. The fraction of sp³-hybridized carbons (Fsp3) is 0.741. The van der Waals surface area contributed by atoms with E-state index in [1.165, 1.54) is 4.88 Å². The quantitative estimate of drug-likeness (QED) is 0.311. The molecule has 2 fully saturated rings. The Morgan fingerprint density at radius 2 is 1.73 bits per heavy atom. The molecule has 0 saturated carbocycles. The molecule has 0 bridgehead atoms. The molecule has 0 aromatic carbocycles. The molecular formula is C27H42ClN5O3S. The van der Waals surface area contributed by atoms with Crippen LogP contribution in [0.2, 0.25) is 5.28 Å². The highest BCUT2D eigenvalue weighted by molar-refractivity contribution is 7.19. The third-order valence-electron chi connectivity index (χ3n) is 7.07. The summed E-state index contributed by atoms with van der Waals surface area (Å²) in [5, 5.41) is 0.306. The van der Waals surface area contributed by atoms with Gasteiger partial charge in [0.15, 0.2) is 5.82 Å². The Morgan fingerprint density at radius 3 is 2.41 bits per heavy atom. The van der Waals surface area contributed by atoms with E-state index >= 15 is 0 Å². The number of piperazine rings is 1. The van der Waals surface area contributed by atoms with Crippen molar-refractivity contribution in [3.8, 4) is 0 Å². The van der Waals surface area contributed by atoms with Crippen molar-refractivity contribution < 1.29 is 14.3 Å². The standard InChI is InChI=1S/C27H42ClN5O3S/c1-6-36-22(34)16-26(2,3)18-27(4,5)19-32-9-7-31(8-10-32)17-20-15-21-23(37-20)24(30-25(28)29-21)33-11-13-35-14-12-33/h15H,6-14,16-19H2,1-5H3. The molecule has 2 aromatic rings. The minimum absolute atomic E-state index is 0.0788. The summed E-state index contributed by atoms with van der Waals surface area (Å²) in [5.74, 6) is 0.843. The molecule has 0 atom stereocenters. The first-order valence-corrected chi connectivity index (χ1v) is 14.6. The first kappa shape index (κ1) is 28.5. The van der Waals surface area contributed by atoms with Gasteiger partial charge >= 0.3 is 5.97 Å². The largest absolute Gasteiger partial charge is 0.466 e. The van der Waals surface area contributed by atoms with Crippen LogP contribution in [0.3, 0.4) is 0 Å². The number of fused-ring (bicyclic) bond motifs is 1. The highest BCUT2D eigenvalue weighted by atomic mass is 35.5. The molecule has 4 rings (SSSR count). The molecule has 2 aromatic heterocycles. The molecule has 8 nitrogen and oxygen atoms in total. The number of carbonyl (C=O) groups is 1. The average molecular weight is 552 g/mol. The minimum Gasteiger partial charge on any atom is -0.466 e. The molecule has 0 N–H and O–H groups in total. The van der Waals surface area contributed by atoms with Gasteiger partial charge in [-0.2, -0.15) is 4.98 Å². The molecular weight excluding hydrogens is 510 g/mol. The van der Waals surface area contributed by atoms with Crippen molar-refractivity contribution in [3.63, 3.8) is 0 Å². The molecule has 10 heteroatoms. The molecule has 206 valence electrons. The summed E-state index contributed by atoms with van der Waals surface area (Å²) in [6, 6.07) is 2.18. The van der Waals surface area contributed by atoms with E-state index in [2.05, 4.69) is 58.4 Å². The third kappa shape index (κ3) is 7.99. The fourth-order valence-corrected chi connectivity index (χ4v) is 7.28. The minimum atomic E-state index is -0.0940. The van der Waals surface area contributed by atoms with Crippen LogP contribution in [0.5, 0.6) is 0 Å². The lowest BCUT2D eigenvalue weighted by Gasteiger charge is -2.41. The smallest absolute Gasteiger partial charge is 0.306 e. The Labute approximate surface area is 230 Å². The van der Waals surface area contributed by atoms with Gasteiger partial charge in [0, 0.05) is 57.2 Å². The number of carbonyl (C=O) groups excluding carboxylic acids is 1. The van der Waals surface area contributed by atoms with Crippen LogP contribution < -0.4 is 4.90 Å². The van der Waals surface area contributed by atoms with Gasteiger partial charge in [0.2, 0.25) is 5.28 Å². The lowest BCUT2D eigenvalue weighted by molar-refractivity contribution is -0.145. The number of aromatic nitrogens is 2. The predicted molar refractivity (Wildman–Crippen MR) is 151 cm³/mol. The third-order valence-corrected chi connectivity index (χ3v) is 8.34. The second-order valence-corrected chi connectivity index (χ2v) is 13.4. The molecule has 2 saturated heterocycles. The van der Waals surface area contributed by atoms with Gasteiger partial charge in [-0.25, -0.2) is 4.98 Å². The van der Waals surface area contributed by atoms with E-state index in [-0.39, 0.29) is 16.8 Å². The van der Waals surface area contributed by atoms with E-state index in [1.807, 2.05) is 6.92 Å². The fourth-order valence-electron chi connectivity index (χ4n) is 5.95. The van der Waals surface area contributed by atoms with Crippen LogP contribution in [-0.4, -0.2) is 91.4 Å². The zero-order valence-electron chi connectivity index (χ0n) is 23.0. The number of nitrogens with zero attached hydrogens (tertiary/aromatic N) is 5. The highest BCUT2D eigenvalue weighted by Gasteiger charge is 2.33. The van der Waals surface area contributed by atoms with Crippen molar-refractivity contribution in [1.82, 2.24) is 19.8 Å². The number of ether oxygens (including phenoxy) is 2. The number of morpholine rings is 1. The number of rotatable bonds is 10. The number of esters is 1. The van der Waals surface area contributed by atoms with Crippen LogP contribution in [0.4, 0.5) is 5.82 Å². The number of hydrogen-bond acceptors (Lipinski definition) is 9. The SMILES string of the molecule is CCOC(=O)CC(C)(C)CC(C)(C)CN1CCN(Cc2cc3nc(Cl)nc(N4CCOCC4)c3s2)CC1. The molecule has 0 amide bonds. The van der Waals surface area contributed by atoms with Crippen molar-refractivity contribution >= 4 is 44.9 Å². The molecule has 2 aliphatic rings. The first-order valence-electron chi connectivity index (χ1n) is 13.4. The maximum atomic E-state index is 12.0. The van der Waals surface area contributed by atoms with Crippen molar-refractivity contribution in [2.24, 2.45) is 10.8 Å². The van der Waals surface area contributed by atoms with E-state index in [1.54, 1.807) is 11.3 Å². The van der Waals surface area contributed by atoms with E-state index in [0.29, 0.717) is 31.5 Å². The zero-order chi connectivity index (χ0) is 26.6. The van der Waals surface area contributed by atoms with Crippen LogP contribution in [0.15, 0.2) is 6.07 Å². The van der Waals surface area contributed by atoms with Crippen molar-refractivity contribution in [2.45, 2.75) is 54.0 Å². The van der Waals surface area contributed by atoms with Gasteiger partial charge in [0.05, 0.1) is 36.5 Å². The van der Waals surface area contributed by atoms with Crippen LogP contribution >= 0.6 is 22.9 Å². The highest BCUT2D eigenvalue weighted by Crippen LogP contribution is 2.38. The summed E-state index contributed by atoms with van der Waals surface area (Å²) >= 11 is 8.06. The lowest BCUT2D eigenvalue weighted by Crippen LogP contribution is -2.49. The van der Waals surface area contributed by atoms with Crippen LogP contribution in [0.25, 0.3) is 10.2 Å². The van der Waals surface area contributed by atoms with Crippen molar-refractivity contribution in [1.29, 1.82) is 0 Å². The Morgan fingerprint density at radius 1 is 1.05 bits per heavy atom. The lowest BCUT2D eigenvalue weighted by atomic mass is 9.73. The monoisotopic (exact) mass is 551 g/mol. The van der Waals surface area contributed by atoms with Gasteiger partial charge in [-0.1, -0.05) is 27.7 Å². The first-order chi connectivity index (χ1) is 17.5. The van der Waals surface area contributed by atoms with E-state index < -0.39 is 0 Å². The summed E-state index contributed by atoms with van der Waals surface area (Å²) in [6.07, 6.45) is 1.45. The molecule has 0 aliphatic carbocycles. The van der Waals surface area contributed by atoms with Crippen molar-refractivity contribution in [3.05, 3.63) is 16.2 Å². The summed E-state index contributed by atoms with van der Waals surface area (Å²) in [6.45, 7) is 20.5. The molecule has 0 spiro atoms. The second kappa shape index (κ2) is 12.1. The summed E-state index contributed by atoms with van der Waals surface area (Å²) in [4.78, 5) is 29.8. The molecule has 0 radical (unpaired) electrons. The van der Waals surface area contributed by atoms with Gasteiger partial charge in [-0.15, -0.1) is 11.3 Å². The summed E-state index contributed by atoms with van der Waals surface area (Å²) in [7, 11) is 0. The summed E-state index contributed by atoms with van der Waals surface area (Å²) in [5.41, 5.74) is 0.981. The number of halogens is 1. The Hall–Kier alpha value is -1.52. The van der Waals surface area contributed by atoms with Crippen LogP contribution in [-0.2, 0) is 20.8 Å². The van der Waals surface area contributed by atoms with Crippen LogP contribution in [0.1, 0.15) is 52.3 Å². The van der Waals surface area contributed by atoms with Gasteiger partial charge in [-0.3, -0.25) is 9.69 Å². The van der Waals surface area contributed by atoms with Gasteiger partial charge < -0.3 is 19.3 Å². The normalized spacial score (nSPS) is 18.5. The Kier molecular flexibility index (Phi) is 9.33.